The van der Waals surface area contributed by atoms with Crippen molar-refractivity contribution in [2.75, 3.05) is 13.2 Å². The Morgan fingerprint density at radius 3 is 0.913 bits per heavy atom. The molecule has 0 saturated heterocycles. The second-order valence-electron chi connectivity index (χ2n) is 19.9. The zero-order valence-electron chi connectivity index (χ0n) is 45.8. The molecule has 0 heterocycles. The number of carbonyl (C=O) groups is 3. The lowest BCUT2D eigenvalue weighted by molar-refractivity contribution is -0.167. The second-order valence-corrected chi connectivity index (χ2v) is 19.9. The maximum Gasteiger partial charge on any atom is 0.306 e. The van der Waals surface area contributed by atoms with Gasteiger partial charge >= 0.3 is 17.9 Å². The third kappa shape index (κ3) is 55.9. The van der Waals surface area contributed by atoms with Crippen molar-refractivity contribution in [3.05, 3.63) is 60.8 Å². The van der Waals surface area contributed by atoms with Crippen molar-refractivity contribution in [2.24, 2.45) is 0 Å². The first-order valence-electron chi connectivity index (χ1n) is 29.8. The number of carbonyl (C=O) groups excluding carboxylic acids is 3. The van der Waals surface area contributed by atoms with Gasteiger partial charge in [-0.3, -0.25) is 14.4 Å². The molecular formula is C63H112O6. The minimum atomic E-state index is -0.790. The van der Waals surface area contributed by atoms with Gasteiger partial charge in [0.15, 0.2) is 6.10 Å². The summed E-state index contributed by atoms with van der Waals surface area (Å²) < 4.78 is 16.8. The van der Waals surface area contributed by atoms with Crippen molar-refractivity contribution in [1.29, 1.82) is 0 Å². The third-order valence-electron chi connectivity index (χ3n) is 13.0. The van der Waals surface area contributed by atoms with E-state index >= 15 is 0 Å². The van der Waals surface area contributed by atoms with E-state index in [1.165, 1.54) is 167 Å². The summed E-state index contributed by atoms with van der Waals surface area (Å²) in [5.41, 5.74) is 0. The topological polar surface area (TPSA) is 78.9 Å². The molecule has 1 atom stereocenters. The van der Waals surface area contributed by atoms with E-state index in [0.29, 0.717) is 19.3 Å². The summed E-state index contributed by atoms with van der Waals surface area (Å²) in [6.07, 6.45) is 72.3. The van der Waals surface area contributed by atoms with Crippen molar-refractivity contribution in [1.82, 2.24) is 0 Å². The molecular weight excluding hydrogens is 853 g/mol. The Balaban J connectivity index is 4.31. The summed E-state index contributed by atoms with van der Waals surface area (Å²) in [5, 5.41) is 0. The highest BCUT2D eigenvalue weighted by atomic mass is 16.6. The average Bonchev–Trinajstić information content (AvgIpc) is 3.35. The van der Waals surface area contributed by atoms with Gasteiger partial charge in [0.25, 0.3) is 0 Å². The Morgan fingerprint density at radius 2 is 0.565 bits per heavy atom. The Kier molecular flexibility index (Phi) is 55.3. The minimum Gasteiger partial charge on any atom is -0.462 e. The number of esters is 3. The molecule has 0 aliphatic rings. The van der Waals surface area contributed by atoms with Crippen LogP contribution in [0.1, 0.15) is 303 Å². The maximum absolute atomic E-state index is 12.8. The molecule has 0 radical (unpaired) electrons. The van der Waals surface area contributed by atoms with Gasteiger partial charge in [-0.2, -0.15) is 0 Å². The normalized spacial score (nSPS) is 12.4. The van der Waals surface area contributed by atoms with Crippen molar-refractivity contribution in [3.63, 3.8) is 0 Å². The van der Waals surface area contributed by atoms with E-state index in [2.05, 4.69) is 81.5 Å². The summed E-state index contributed by atoms with van der Waals surface area (Å²) in [6, 6.07) is 0. The lowest BCUT2D eigenvalue weighted by atomic mass is 10.0. The lowest BCUT2D eigenvalue weighted by Gasteiger charge is -2.18. The molecule has 0 rings (SSSR count). The molecule has 0 aliphatic heterocycles. The van der Waals surface area contributed by atoms with Crippen LogP contribution in [0.15, 0.2) is 60.8 Å². The molecule has 0 aromatic carbocycles. The number of hydrogen-bond donors (Lipinski definition) is 0. The second kappa shape index (κ2) is 57.7. The number of unbranched alkanes of at least 4 members (excludes halogenated alkanes) is 33. The maximum atomic E-state index is 12.8. The summed E-state index contributed by atoms with van der Waals surface area (Å²) in [5.74, 6) is -0.915. The summed E-state index contributed by atoms with van der Waals surface area (Å²) in [4.78, 5) is 38.1. The molecule has 6 heteroatoms. The van der Waals surface area contributed by atoms with Crippen LogP contribution in [0, 0.1) is 0 Å². The molecule has 0 N–H and O–H groups in total. The van der Waals surface area contributed by atoms with Gasteiger partial charge < -0.3 is 14.2 Å². The van der Waals surface area contributed by atoms with E-state index in [1.807, 2.05) is 0 Å². The standard InChI is InChI=1S/C63H112O6/c1-4-7-10-13-16-19-22-25-27-28-29-30-31-32-33-34-36-38-41-44-47-50-53-56-62(65)68-59-60(58-67-61(64)55-52-49-46-43-40-37-24-21-18-15-12-9-6-3)69-63(66)57-54-51-48-45-42-39-35-26-23-20-17-14-11-8-5-2/h9,12,18,21,26,28-29,35,37,40,60H,4-8,10-11,13-17,19-20,22-25,27,30-34,36,38-39,41-59H2,1-3H3/b12-9-,21-18-,29-28-,35-26-,40-37-. The molecule has 0 amide bonds. The zero-order valence-corrected chi connectivity index (χ0v) is 45.8. The molecule has 0 spiro atoms. The summed E-state index contributed by atoms with van der Waals surface area (Å²) in [7, 11) is 0. The molecule has 0 aliphatic carbocycles. The fraction of sp³-hybridized carbons (Fsp3) is 0.794. The van der Waals surface area contributed by atoms with E-state index in [1.54, 1.807) is 0 Å². The molecule has 400 valence electrons. The molecule has 0 saturated carbocycles. The predicted molar refractivity (Wildman–Crippen MR) is 298 cm³/mol. The van der Waals surface area contributed by atoms with E-state index in [0.717, 1.165) is 96.3 Å². The summed E-state index contributed by atoms with van der Waals surface area (Å²) >= 11 is 0. The van der Waals surface area contributed by atoms with Gasteiger partial charge in [0.1, 0.15) is 13.2 Å². The van der Waals surface area contributed by atoms with E-state index in [4.69, 9.17) is 14.2 Å². The molecule has 0 aromatic heterocycles. The van der Waals surface area contributed by atoms with Gasteiger partial charge in [0, 0.05) is 19.3 Å². The van der Waals surface area contributed by atoms with Crippen molar-refractivity contribution < 1.29 is 28.6 Å². The largest absolute Gasteiger partial charge is 0.462 e. The number of rotatable bonds is 54. The van der Waals surface area contributed by atoms with Gasteiger partial charge in [-0.05, 0) is 103 Å². The van der Waals surface area contributed by atoms with Crippen LogP contribution in [0.5, 0.6) is 0 Å². The number of allylic oxidation sites excluding steroid dienone is 10. The molecule has 69 heavy (non-hydrogen) atoms. The van der Waals surface area contributed by atoms with Gasteiger partial charge in [-0.25, -0.2) is 0 Å². The van der Waals surface area contributed by atoms with E-state index in [-0.39, 0.29) is 31.1 Å². The summed E-state index contributed by atoms with van der Waals surface area (Å²) in [6.45, 7) is 6.51. The lowest BCUT2D eigenvalue weighted by Crippen LogP contribution is -2.30. The predicted octanol–water partition coefficient (Wildman–Crippen LogP) is 20.0. The quantitative estimate of drug-likeness (QED) is 0.0262. The SMILES string of the molecule is CC/C=C\C/C=C\C/C=C\CCCCCC(=O)OCC(COC(=O)CCCCCCCCCCCCC/C=C\CCCCCCCCCC)OC(=O)CCCCCCC/C=C\CCCCCCCC. The van der Waals surface area contributed by atoms with Gasteiger partial charge in [-0.1, -0.05) is 242 Å². The zero-order chi connectivity index (χ0) is 50.0. The van der Waals surface area contributed by atoms with Crippen LogP contribution in [-0.4, -0.2) is 37.2 Å². The van der Waals surface area contributed by atoms with Gasteiger partial charge in [0.2, 0.25) is 0 Å². The van der Waals surface area contributed by atoms with Crippen LogP contribution in [-0.2, 0) is 28.6 Å². The van der Waals surface area contributed by atoms with Crippen LogP contribution >= 0.6 is 0 Å². The highest BCUT2D eigenvalue weighted by Crippen LogP contribution is 2.16. The first kappa shape index (κ1) is 66.1. The minimum absolute atomic E-state index is 0.0861. The Labute approximate surface area is 428 Å². The molecule has 1 unspecified atom stereocenters. The molecule has 0 bridgehead atoms. The Morgan fingerprint density at radius 1 is 0.304 bits per heavy atom. The molecule has 0 aromatic rings. The van der Waals surface area contributed by atoms with Crippen LogP contribution in [0.25, 0.3) is 0 Å². The van der Waals surface area contributed by atoms with Crippen molar-refractivity contribution >= 4 is 17.9 Å². The number of hydrogen-bond acceptors (Lipinski definition) is 6. The van der Waals surface area contributed by atoms with Crippen LogP contribution in [0.4, 0.5) is 0 Å². The average molecular weight is 966 g/mol. The Bertz CT molecular complexity index is 1250. The smallest absolute Gasteiger partial charge is 0.306 e. The first-order valence-corrected chi connectivity index (χ1v) is 29.8. The van der Waals surface area contributed by atoms with Crippen molar-refractivity contribution in [2.45, 2.75) is 309 Å². The van der Waals surface area contributed by atoms with E-state index in [9.17, 15) is 14.4 Å². The van der Waals surface area contributed by atoms with Crippen LogP contribution < -0.4 is 0 Å². The fourth-order valence-corrected chi connectivity index (χ4v) is 8.51. The van der Waals surface area contributed by atoms with Crippen molar-refractivity contribution in [3.8, 4) is 0 Å². The highest BCUT2D eigenvalue weighted by Gasteiger charge is 2.19. The third-order valence-corrected chi connectivity index (χ3v) is 13.0. The fourth-order valence-electron chi connectivity index (χ4n) is 8.51. The Hall–Kier alpha value is -2.89. The molecule has 0 fully saturated rings. The highest BCUT2D eigenvalue weighted by molar-refractivity contribution is 5.71. The first-order chi connectivity index (χ1) is 34.0. The van der Waals surface area contributed by atoms with Crippen LogP contribution in [0.3, 0.4) is 0 Å². The molecule has 6 nitrogen and oxygen atoms in total. The van der Waals surface area contributed by atoms with Crippen LogP contribution in [0.2, 0.25) is 0 Å². The number of ether oxygens (including phenoxy) is 3. The van der Waals surface area contributed by atoms with Gasteiger partial charge in [0.05, 0.1) is 0 Å². The monoisotopic (exact) mass is 965 g/mol. The van der Waals surface area contributed by atoms with E-state index < -0.39 is 6.10 Å². The van der Waals surface area contributed by atoms with Gasteiger partial charge in [-0.15, -0.1) is 0 Å².